The van der Waals surface area contributed by atoms with E-state index >= 15 is 0 Å². The van der Waals surface area contributed by atoms with Gasteiger partial charge in [0.15, 0.2) is 0 Å². The predicted octanol–water partition coefficient (Wildman–Crippen LogP) is 0.806. The van der Waals surface area contributed by atoms with E-state index in [4.69, 9.17) is 5.11 Å². The van der Waals surface area contributed by atoms with Crippen LogP contribution in [-0.2, 0) is 20.8 Å². The molecular weight excluding hydrogens is 298 g/mol. The minimum Gasteiger partial charge on any atom is -0.481 e. The molecule has 0 fully saturated rings. The molecule has 122 valence electrons. The van der Waals surface area contributed by atoms with Crippen molar-refractivity contribution >= 4 is 28.7 Å². The molecule has 0 aliphatic rings. The molecule has 2 amide bonds. The fraction of sp³-hybridized carbons (Fsp3) is 0.312. The van der Waals surface area contributed by atoms with Crippen molar-refractivity contribution in [2.24, 2.45) is 0 Å². The van der Waals surface area contributed by atoms with Gasteiger partial charge < -0.3 is 20.7 Å². The summed E-state index contributed by atoms with van der Waals surface area (Å²) in [7, 11) is 1.49. The third-order valence-corrected chi connectivity index (χ3v) is 3.56. The summed E-state index contributed by atoms with van der Waals surface area (Å²) in [5.74, 6) is -1.83. The van der Waals surface area contributed by atoms with Gasteiger partial charge in [-0.3, -0.25) is 14.4 Å². The molecule has 23 heavy (non-hydrogen) atoms. The quantitative estimate of drug-likeness (QED) is 0.605. The summed E-state index contributed by atoms with van der Waals surface area (Å²) < 4.78 is 0. The van der Waals surface area contributed by atoms with Crippen molar-refractivity contribution in [3.05, 3.63) is 36.0 Å². The third kappa shape index (κ3) is 4.32. The van der Waals surface area contributed by atoms with E-state index in [-0.39, 0.29) is 18.7 Å². The van der Waals surface area contributed by atoms with Crippen LogP contribution in [0.3, 0.4) is 0 Å². The molecule has 0 bridgehead atoms. The molecule has 0 aliphatic heterocycles. The molecule has 0 radical (unpaired) electrons. The Bertz CT molecular complexity index is 723. The van der Waals surface area contributed by atoms with Crippen LogP contribution in [0.1, 0.15) is 18.4 Å². The number of nitrogens with one attached hydrogen (secondary N) is 3. The Kier molecular flexibility index (Phi) is 5.35. The highest BCUT2D eigenvalue weighted by Crippen LogP contribution is 2.19. The smallest absolute Gasteiger partial charge is 0.303 e. The van der Waals surface area contributed by atoms with Crippen molar-refractivity contribution in [2.75, 3.05) is 7.05 Å². The summed E-state index contributed by atoms with van der Waals surface area (Å²) in [6.07, 6.45) is 1.71. The number of likely N-dealkylation sites (N-methyl/N-ethyl adjacent to an activating group) is 1. The number of carbonyl (C=O) groups excluding carboxylic acids is 2. The largest absolute Gasteiger partial charge is 0.481 e. The monoisotopic (exact) mass is 317 g/mol. The van der Waals surface area contributed by atoms with Gasteiger partial charge in [0.2, 0.25) is 11.8 Å². The van der Waals surface area contributed by atoms with Crippen LogP contribution in [0.4, 0.5) is 0 Å². The van der Waals surface area contributed by atoms with Gasteiger partial charge in [-0.25, -0.2) is 0 Å². The number of para-hydroxylation sites is 1. The number of carboxylic acids is 1. The minimum atomic E-state index is -1.05. The molecule has 0 saturated carbocycles. The van der Waals surface area contributed by atoms with E-state index in [1.54, 1.807) is 0 Å². The highest BCUT2D eigenvalue weighted by Gasteiger charge is 2.21. The van der Waals surface area contributed by atoms with E-state index in [0.717, 1.165) is 16.5 Å². The van der Waals surface area contributed by atoms with Crippen molar-refractivity contribution in [1.29, 1.82) is 0 Å². The Morgan fingerprint density at radius 2 is 1.96 bits per heavy atom. The van der Waals surface area contributed by atoms with Gasteiger partial charge in [0.25, 0.3) is 0 Å². The molecule has 1 heterocycles. The normalized spacial score (nSPS) is 11.9. The van der Waals surface area contributed by atoms with Crippen molar-refractivity contribution in [2.45, 2.75) is 25.3 Å². The predicted molar refractivity (Wildman–Crippen MR) is 84.9 cm³/mol. The average molecular weight is 317 g/mol. The highest BCUT2D eigenvalue weighted by atomic mass is 16.4. The topological polar surface area (TPSA) is 111 Å². The molecule has 1 aromatic heterocycles. The van der Waals surface area contributed by atoms with Crippen LogP contribution in [-0.4, -0.2) is 41.0 Å². The zero-order chi connectivity index (χ0) is 16.8. The summed E-state index contributed by atoms with van der Waals surface area (Å²) in [5.41, 5.74) is 1.86. The number of aromatic amines is 1. The Morgan fingerprint density at radius 3 is 2.65 bits per heavy atom. The number of aliphatic carboxylic acids is 1. The molecule has 0 saturated heterocycles. The summed E-state index contributed by atoms with van der Waals surface area (Å²) in [6, 6.07) is 6.93. The maximum Gasteiger partial charge on any atom is 0.303 e. The van der Waals surface area contributed by atoms with Gasteiger partial charge in [0.1, 0.15) is 6.04 Å². The van der Waals surface area contributed by atoms with Crippen LogP contribution >= 0.6 is 0 Å². The first kappa shape index (κ1) is 16.5. The van der Waals surface area contributed by atoms with Crippen molar-refractivity contribution in [1.82, 2.24) is 15.6 Å². The van der Waals surface area contributed by atoms with E-state index < -0.39 is 17.9 Å². The lowest BCUT2D eigenvalue weighted by molar-refractivity contribution is -0.139. The zero-order valence-corrected chi connectivity index (χ0v) is 12.8. The van der Waals surface area contributed by atoms with Crippen LogP contribution in [0.25, 0.3) is 10.9 Å². The molecule has 2 rings (SSSR count). The second-order valence-electron chi connectivity index (χ2n) is 5.19. The molecule has 0 aliphatic carbocycles. The van der Waals surface area contributed by atoms with Gasteiger partial charge in [0, 0.05) is 37.0 Å². The van der Waals surface area contributed by atoms with E-state index in [2.05, 4.69) is 15.6 Å². The number of carboxylic acid groups (broad SMARTS) is 1. The Hall–Kier alpha value is -2.83. The van der Waals surface area contributed by atoms with E-state index in [1.807, 2.05) is 30.5 Å². The molecule has 1 unspecified atom stereocenters. The standard InChI is InChI=1S/C16H19N3O4/c1-17-16(23)13(19-14(20)6-7-15(21)22)8-10-9-18-12-5-3-2-4-11(10)12/h2-5,9,13,18H,6-8H2,1H3,(H,17,23)(H,19,20)(H,21,22). The third-order valence-electron chi connectivity index (χ3n) is 3.56. The zero-order valence-electron chi connectivity index (χ0n) is 12.8. The first-order valence-electron chi connectivity index (χ1n) is 7.29. The lowest BCUT2D eigenvalue weighted by Gasteiger charge is -2.17. The molecular formula is C16H19N3O4. The van der Waals surface area contributed by atoms with Crippen molar-refractivity contribution in [3.63, 3.8) is 0 Å². The Balaban J connectivity index is 2.11. The van der Waals surface area contributed by atoms with E-state index in [0.29, 0.717) is 6.42 Å². The van der Waals surface area contributed by atoms with Crippen molar-refractivity contribution in [3.8, 4) is 0 Å². The second kappa shape index (κ2) is 7.44. The number of carbonyl (C=O) groups is 3. The lowest BCUT2D eigenvalue weighted by Crippen LogP contribution is -2.47. The van der Waals surface area contributed by atoms with Crippen LogP contribution in [0, 0.1) is 0 Å². The second-order valence-corrected chi connectivity index (χ2v) is 5.19. The van der Waals surface area contributed by atoms with Crippen LogP contribution in [0.2, 0.25) is 0 Å². The van der Waals surface area contributed by atoms with Gasteiger partial charge in [-0.2, -0.15) is 0 Å². The number of fused-ring (bicyclic) bond motifs is 1. The highest BCUT2D eigenvalue weighted by molar-refractivity contribution is 5.90. The van der Waals surface area contributed by atoms with Gasteiger partial charge in [-0.1, -0.05) is 18.2 Å². The van der Waals surface area contributed by atoms with Gasteiger partial charge in [-0.15, -0.1) is 0 Å². The fourth-order valence-corrected chi connectivity index (χ4v) is 2.39. The summed E-state index contributed by atoms with van der Waals surface area (Å²) >= 11 is 0. The molecule has 1 aromatic carbocycles. The van der Waals surface area contributed by atoms with Crippen molar-refractivity contribution < 1.29 is 19.5 Å². The molecule has 2 aromatic rings. The fourth-order valence-electron chi connectivity index (χ4n) is 2.39. The number of benzene rings is 1. The lowest BCUT2D eigenvalue weighted by atomic mass is 10.0. The van der Waals surface area contributed by atoms with Crippen LogP contribution in [0.15, 0.2) is 30.5 Å². The minimum absolute atomic E-state index is 0.156. The number of aromatic nitrogens is 1. The SMILES string of the molecule is CNC(=O)C(Cc1c[nH]c2ccccc12)NC(=O)CCC(=O)O. The number of hydrogen-bond acceptors (Lipinski definition) is 3. The number of rotatable bonds is 7. The Labute approximate surface area is 133 Å². The average Bonchev–Trinajstić information content (AvgIpc) is 2.95. The molecule has 7 nitrogen and oxygen atoms in total. The van der Waals surface area contributed by atoms with Gasteiger partial charge in [0.05, 0.1) is 6.42 Å². The first-order chi connectivity index (χ1) is 11.0. The number of amides is 2. The molecule has 4 N–H and O–H groups in total. The van der Waals surface area contributed by atoms with Gasteiger partial charge >= 0.3 is 5.97 Å². The summed E-state index contributed by atoms with van der Waals surface area (Å²) in [4.78, 5) is 37.4. The summed E-state index contributed by atoms with van der Waals surface area (Å²) in [6.45, 7) is 0. The molecule has 0 spiro atoms. The Morgan fingerprint density at radius 1 is 1.22 bits per heavy atom. The van der Waals surface area contributed by atoms with Crippen LogP contribution < -0.4 is 10.6 Å². The number of hydrogen-bond donors (Lipinski definition) is 4. The first-order valence-corrected chi connectivity index (χ1v) is 7.29. The molecule has 7 heteroatoms. The maximum absolute atomic E-state index is 12.0. The van der Waals surface area contributed by atoms with E-state index in [9.17, 15) is 14.4 Å². The van der Waals surface area contributed by atoms with Crippen LogP contribution in [0.5, 0.6) is 0 Å². The number of H-pyrrole nitrogens is 1. The summed E-state index contributed by atoms with van der Waals surface area (Å²) in [5, 5.41) is 14.7. The van der Waals surface area contributed by atoms with Gasteiger partial charge in [-0.05, 0) is 11.6 Å². The molecule has 1 atom stereocenters. The maximum atomic E-state index is 12.0. The van der Waals surface area contributed by atoms with E-state index in [1.165, 1.54) is 7.05 Å².